The summed E-state index contributed by atoms with van der Waals surface area (Å²) in [6, 6.07) is 15.7. The molecule has 3 heterocycles. The Bertz CT molecular complexity index is 832. The average molecular weight is 362 g/mol. The van der Waals surface area contributed by atoms with Gasteiger partial charge in [0.25, 0.3) is 0 Å². The van der Waals surface area contributed by atoms with Crippen molar-refractivity contribution in [3.05, 3.63) is 54.2 Å². The molecule has 27 heavy (non-hydrogen) atoms. The Morgan fingerprint density at radius 2 is 1.96 bits per heavy atom. The number of ether oxygens (including phenoxy) is 1. The van der Waals surface area contributed by atoms with E-state index in [2.05, 4.69) is 22.0 Å². The maximum absolute atomic E-state index is 12.9. The number of benzene rings is 1. The zero-order valence-corrected chi connectivity index (χ0v) is 15.1. The topological polar surface area (TPSA) is 69.5 Å². The van der Waals surface area contributed by atoms with Crippen LogP contribution >= 0.6 is 0 Å². The molecule has 0 N–H and O–H groups in total. The molecule has 0 saturated carbocycles. The molecule has 2 aliphatic heterocycles. The quantitative estimate of drug-likeness (QED) is 0.836. The van der Waals surface area contributed by atoms with Crippen molar-refractivity contribution in [2.45, 2.75) is 18.9 Å². The summed E-state index contributed by atoms with van der Waals surface area (Å²) in [6.45, 7) is 3.02. The summed E-state index contributed by atoms with van der Waals surface area (Å²) in [7, 11) is 0. The summed E-state index contributed by atoms with van der Waals surface area (Å²) >= 11 is 0. The number of rotatable bonds is 4. The number of likely N-dealkylation sites (tertiary alicyclic amines) is 1. The summed E-state index contributed by atoms with van der Waals surface area (Å²) in [5, 5.41) is 8.83. The minimum Gasteiger partial charge on any atom is -0.472 e. The number of carbonyl (C=O) groups excluding carboxylic acids is 1. The van der Waals surface area contributed by atoms with E-state index >= 15 is 0 Å². The number of para-hydroxylation sites is 1. The molecular formula is C21H22N4O2. The summed E-state index contributed by atoms with van der Waals surface area (Å²) in [6.07, 6.45) is 3.17. The first-order valence-corrected chi connectivity index (χ1v) is 9.34. The van der Waals surface area contributed by atoms with Gasteiger partial charge in [-0.25, -0.2) is 4.98 Å². The van der Waals surface area contributed by atoms with E-state index in [4.69, 9.17) is 10.00 Å². The maximum atomic E-state index is 12.9. The number of anilines is 1. The summed E-state index contributed by atoms with van der Waals surface area (Å²) < 4.78 is 5.88. The van der Waals surface area contributed by atoms with E-state index in [1.54, 1.807) is 12.1 Å². The van der Waals surface area contributed by atoms with Crippen LogP contribution in [0.25, 0.3) is 0 Å². The van der Waals surface area contributed by atoms with Crippen molar-refractivity contribution in [2.24, 2.45) is 5.92 Å². The summed E-state index contributed by atoms with van der Waals surface area (Å²) in [4.78, 5) is 21.3. The highest BCUT2D eigenvalue weighted by Gasteiger charge is 2.35. The molecule has 6 heteroatoms. The summed E-state index contributed by atoms with van der Waals surface area (Å²) in [5.41, 5.74) is 1.69. The molecule has 0 bridgehead atoms. The normalized spacial score (nSPS) is 21.9. The van der Waals surface area contributed by atoms with Gasteiger partial charge in [-0.3, -0.25) is 4.79 Å². The second-order valence-electron chi connectivity index (χ2n) is 7.08. The first-order valence-electron chi connectivity index (χ1n) is 9.34. The highest BCUT2D eigenvalue weighted by molar-refractivity contribution is 5.80. The van der Waals surface area contributed by atoms with Crippen LogP contribution in [0, 0.1) is 17.2 Å². The molecule has 2 aliphatic rings. The van der Waals surface area contributed by atoms with E-state index < -0.39 is 0 Å². The van der Waals surface area contributed by atoms with Crippen LogP contribution in [0.4, 0.5) is 5.69 Å². The van der Waals surface area contributed by atoms with Gasteiger partial charge in [0.1, 0.15) is 12.2 Å². The lowest BCUT2D eigenvalue weighted by atomic mass is 10.1. The van der Waals surface area contributed by atoms with Crippen molar-refractivity contribution in [2.75, 3.05) is 31.1 Å². The Morgan fingerprint density at radius 3 is 2.70 bits per heavy atom. The van der Waals surface area contributed by atoms with Gasteiger partial charge in [-0.1, -0.05) is 18.2 Å². The number of nitriles is 1. The average Bonchev–Trinajstić information content (AvgIpc) is 3.39. The molecular weight excluding hydrogens is 340 g/mol. The SMILES string of the molecule is N#Cc1ccc(OC2CCN(C(=O)C3CCN(c4ccccc4)C3)C2)nc1. The molecule has 2 atom stereocenters. The van der Waals surface area contributed by atoms with Crippen LogP contribution in [-0.2, 0) is 4.79 Å². The lowest BCUT2D eigenvalue weighted by molar-refractivity contribution is -0.134. The monoisotopic (exact) mass is 362 g/mol. The zero-order valence-electron chi connectivity index (χ0n) is 15.1. The van der Waals surface area contributed by atoms with Gasteiger partial charge in [0.2, 0.25) is 11.8 Å². The number of hydrogen-bond acceptors (Lipinski definition) is 5. The van der Waals surface area contributed by atoms with Crippen molar-refractivity contribution in [3.8, 4) is 11.9 Å². The van der Waals surface area contributed by atoms with E-state index in [9.17, 15) is 4.79 Å². The molecule has 0 spiro atoms. The molecule has 0 radical (unpaired) electrons. The van der Waals surface area contributed by atoms with Crippen LogP contribution in [0.3, 0.4) is 0 Å². The third-order valence-corrected chi connectivity index (χ3v) is 5.27. The number of pyridine rings is 1. The van der Waals surface area contributed by atoms with E-state index in [-0.39, 0.29) is 17.9 Å². The number of nitrogens with zero attached hydrogens (tertiary/aromatic N) is 4. The van der Waals surface area contributed by atoms with Gasteiger partial charge in [0.05, 0.1) is 18.0 Å². The molecule has 1 aromatic carbocycles. The van der Waals surface area contributed by atoms with Gasteiger partial charge in [-0.05, 0) is 24.6 Å². The summed E-state index contributed by atoms with van der Waals surface area (Å²) in [5.74, 6) is 0.786. The standard InChI is InChI=1S/C21H22N4O2/c22-12-16-6-7-20(23-13-16)27-19-9-11-25(15-19)21(26)17-8-10-24(14-17)18-4-2-1-3-5-18/h1-7,13,17,19H,8-11,14-15H2. The van der Waals surface area contributed by atoms with Crippen LogP contribution in [0.2, 0.25) is 0 Å². The fourth-order valence-corrected chi connectivity index (χ4v) is 3.80. The smallest absolute Gasteiger partial charge is 0.227 e. The molecule has 1 amide bonds. The lowest BCUT2D eigenvalue weighted by Crippen LogP contribution is -2.37. The number of hydrogen-bond donors (Lipinski definition) is 0. The molecule has 1 aromatic heterocycles. The second-order valence-corrected chi connectivity index (χ2v) is 7.08. The largest absolute Gasteiger partial charge is 0.472 e. The van der Waals surface area contributed by atoms with E-state index in [1.165, 1.54) is 11.9 Å². The van der Waals surface area contributed by atoms with Crippen LogP contribution in [-0.4, -0.2) is 48.1 Å². The second kappa shape index (κ2) is 7.67. The lowest BCUT2D eigenvalue weighted by Gasteiger charge is -2.22. The van der Waals surface area contributed by atoms with Gasteiger partial charge in [-0.2, -0.15) is 5.26 Å². The minimum atomic E-state index is -0.0407. The van der Waals surface area contributed by atoms with Crippen molar-refractivity contribution < 1.29 is 9.53 Å². The molecule has 2 fully saturated rings. The van der Waals surface area contributed by atoms with Crippen molar-refractivity contribution >= 4 is 11.6 Å². The van der Waals surface area contributed by atoms with Crippen LogP contribution in [0.5, 0.6) is 5.88 Å². The molecule has 4 rings (SSSR count). The van der Waals surface area contributed by atoms with Crippen molar-refractivity contribution in [3.63, 3.8) is 0 Å². The van der Waals surface area contributed by atoms with Crippen LogP contribution in [0.15, 0.2) is 48.7 Å². The molecule has 138 valence electrons. The Kier molecular flexibility index (Phi) is 4.93. The highest BCUT2D eigenvalue weighted by Crippen LogP contribution is 2.26. The van der Waals surface area contributed by atoms with E-state index in [1.807, 2.05) is 29.2 Å². The first kappa shape index (κ1) is 17.3. The zero-order chi connectivity index (χ0) is 18.6. The number of amides is 1. The van der Waals surface area contributed by atoms with Crippen LogP contribution in [0.1, 0.15) is 18.4 Å². The van der Waals surface area contributed by atoms with Crippen molar-refractivity contribution in [1.82, 2.24) is 9.88 Å². The highest BCUT2D eigenvalue weighted by atomic mass is 16.5. The van der Waals surface area contributed by atoms with E-state index in [0.29, 0.717) is 18.0 Å². The molecule has 6 nitrogen and oxygen atoms in total. The van der Waals surface area contributed by atoms with Gasteiger partial charge in [-0.15, -0.1) is 0 Å². The van der Waals surface area contributed by atoms with Crippen LogP contribution < -0.4 is 9.64 Å². The third-order valence-electron chi connectivity index (χ3n) is 5.27. The predicted octanol–water partition coefficient (Wildman–Crippen LogP) is 2.46. The first-order chi connectivity index (χ1) is 13.2. The Hall–Kier alpha value is -3.07. The fraction of sp³-hybridized carbons (Fsp3) is 0.381. The van der Waals surface area contributed by atoms with Gasteiger partial charge < -0.3 is 14.5 Å². The van der Waals surface area contributed by atoms with Gasteiger partial charge >= 0.3 is 0 Å². The molecule has 0 aliphatic carbocycles. The van der Waals surface area contributed by atoms with Gasteiger partial charge in [0, 0.05) is 44.0 Å². The Labute approximate surface area is 159 Å². The Balaban J connectivity index is 1.31. The molecule has 2 unspecified atom stereocenters. The predicted molar refractivity (Wildman–Crippen MR) is 101 cm³/mol. The molecule has 2 saturated heterocycles. The van der Waals surface area contributed by atoms with Crippen molar-refractivity contribution in [1.29, 1.82) is 5.26 Å². The third kappa shape index (κ3) is 3.87. The number of aromatic nitrogens is 1. The minimum absolute atomic E-state index is 0.0407. The van der Waals surface area contributed by atoms with E-state index in [0.717, 1.165) is 32.5 Å². The number of carbonyl (C=O) groups is 1. The fourth-order valence-electron chi connectivity index (χ4n) is 3.80. The van der Waals surface area contributed by atoms with Gasteiger partial charge in [0.15, 0.2) is 0 Å². The molecule has 2 aromatic rings. The maximum Gasteiger partial charge on any atom is 0.227 e. The Morgan fingerprint density at radius 1 is 1.11 bits per heavy atom.